The number of aromatic nitrogens is 1. The Bertz CT molecular complexity index is 1270. The zero-order valence-electron chi connectivity index (χ0n) is 19.9. The quantitative estimate of drug-likeness (QED) is 0.441. The number of para-hydroxylation sites is 1. The fourth-order valence-corrected chi connectivity index (χ4v) is 5.27. The van der Waals surface area contributed by atoms with Gasteiger partial charge in [-0.1, -0.05) is 49.6 Å². The number of aryl methyl sites for hydroxylation is 1. The van der Waals surface area contributed by atoms with Crippen molar-refractivity contribution in [2.75, 3.05) is 10.6 Å². The molecule has 0 bridgehead atoms. The number of halogens is 1. The summed E-state index contributed by atoms with van der Waals surface area (Å²) in [4.78, 5) is 40.9. The number of nitrogens with two attached hydrogens (primary N) is 2. The molecule has 36 heavy (non-hydrogen) atoms. The number of carbonyl (C=O) groups is 3. The van der Waals surface area contributed by atoms with E-state index in [9.17, 15) is 18.8 Å². The van der Waals surface area contributed by atoms with Crippen LogP contribution in [0.3, 0.4) is 0 Å². The molecule has 1 atom stereocenters. The van der Waals surface area contributed by atoms with Crippen LogP contribution in [-0.2, 0) is 4.79 Å². The Hall–Kier alpha value is -3.79. The Morgan fingerprint density at radius 3 is 2.36 bits per heavy atom. The molecule has 1 saturated carbocycles. The van der Waals surface area contributed by atoms with Crippen molar-refractivity contribution in [3.63, 3.8) is 0 Å². The first-order valence-corrected chi connectivity index (χ1v) is 12.5. The van der Waals surface area contributed by atoms with E-state index in [-0.39, 0.29) is 28.2 Å². The largest absolute Gasteiger partial charge is 0.395 e. The molecule has 0 saturated heterocycles. The molecule has 1 aliphatic carbocycles. The Labute approximate surface area is 212 Å². The van der Waals surface area contributed by atoms with Crippen LogP contribution in [0.5, 0.6) is 0 Å². The molecule has 0 radical (unpaired) electrons. The first-order valence-electron chi connectivity index (χ1n) is 11.8. The lowest BCUT2D eigenvalue weighted by molar-refractivity contribution is -0.123. The van der Waals surface area contributed by atoms with Gasteiger partial charge >= 0.3 is 0 Å². The number of hydrogen-bond donors (Lipinski definition) is 3. The van der Waals surface area contributed by atoms with Crippen LogP contribution in [0, 0.1) is 12.7 Å². The normalized spacial score (nSPS) is 14.7. The van der Waals surface area contributed by atoms with Gasteiger partial charge in [0.25, 0.3) is 11.8 Å². The van der Waals surface area contributed by atoms with Gasteiger partial charge in [-0.2, -0.15) is 4.37 Å². The third-order valence-corrected chi connectivity index (χ3v) is 7.24. The standard InChI is InChI=1S/C26H28FN5O3S/c1-15-7-5-6-10-19(15)32(26(35)23-20(28)21(24(29)33)31-36-23)22(16-11-13-17(27)14-12-16)25(34)30-18-8-3-2-4-9-18/h5-7,10-14,18,22H,2-4,8-9,28H2,1H3,(H2,29,33)(H,30,34)/t22-/m0/s1. The number of nitrogen functional groups attached to an aromatic ring is 1. The number of benzene rings is 2. The Kier molecular flexibility index (Phi) is 7.64. The van der Waals surface area contributed by atoms with Gasteiger partial charge in [0.1, 0.15) is 16.7 Å². The second kappa shape index (κ2) is 10.9. The number of primary amides is 1. The number of anilines is 2. The highest BCUT2D eigenvalue weighted by molar-refractivity contribution is 7.09. The lowest BCUT2D eigenvalue weighted by Gasteiger charge is -2.34. The van der Waals surface area contributed by atoms with Crippen LogP contribution in [0.15, 0.2) is 48.5 Å². The SMILES string of the molecule is Cc1ccccc1N(C(=O)c1snc(C(N)=O)c1N)[C@H](C(=O)NC1CCCCC1)c1ccc(F)cc1. The van der Waals surface area contributed by atoms with Crippen molar-refractivity contribution in [2.45, 2.75) is 51.1 Å². The molecular formula is C26H28FN5O3S. The number of rotatable bonds is 7. The van der Waals surface area contributed by atoms with E-state index in [1.54, 1.807) is 12.1 Å². The molecule has 1 aliphatic rings. The molecule has 8 nitrogen and oxygen atoms in total. The molecule has 188 valence electrons. The molecule has 3 amide bonds. The molecule has 1 fully saturated rings. The summed E-state index contributed by atoms with van der Waals surface area (Å²) < 4.78 is 17.8. The van der Waals surface area contributed by atoms with Crippen LogP contribution in [0.25, 0.3) is 0 Å². The Morgan fingerprint density at radius 1 is 1.08 bits per heavy atom. The highest BCUT2D eigenvalue weighted by Gasteiger charge is 2.37. The number of hydrogen-bond acceptors (Lipinski definition) is 6. The van der Waals surface area contributed by atoms with Crippen LogP contribution >= 0.6 is 11.5 Å². The van der Waals surface area contributed by atoms with Gasteiger partial charge < -0.3 is 16.8 Å². The minimum Gasteiger partial charge on any atom is -0.395 e. The number of nitrogens with one attached hydrogen (secondary N) is 1. The fraction of sp³-hybridized carbons (Fsp3) is 0.308. The van der Waals surface area contributed by atoms with Crippen LogP contribution in [0.1, 0.15) is 69.4 Å². The Balaban J connectivity index is 1.85. The summed E-state index contributed by atoms with van der Waals surface area (Å²) >= 11 is 0.745. The van der Waals surface area contributed by atoms with Crippen molar-refractivity contribution in [3.8, 4) is 0 Å². The van der Waals surface area contributed by atoms with Gasteiger partial charge in [-0.15, -0.1) is 0 Å². The van der Waals surface area contributed by atoms with E-state index in [0.717, 1.165) is 49.2 Å². The van der Waals surface area contributed by atoms with Gasteiger partial charge in [0, 0.05) is 11.7 Å². The molecule has 1 heterocycles. The number of carbonyl (C=O) groups excluding carboxylic acids is 3. The summed E-state index contributed by atoms with van der Waals surface area (Å²) in [6.45, 7) is 1.82. The first-order chi connectivity index (χ1) is 17.3. The highest BCUT2D eigenvalue weighted by atomic mass is 32.1. The number of amides is 3. The summed E-state index contributed by atoms with van der Waals surface area (Å²) in [5.74, 6) is -2.31. The van der Waals surface area contributed by atoms with Gasteiger partial charge in [-0.25, -0.2) is 4.39 Å². The summed E-state index contributed by atoms with van der Waals surface area (Å²) in [5, 5.41) is 3.10. The summed E-state index contributed by atoms with van der Waals surface area (Å²) in [7, 11) is 0. The van der Waals surface area contributed by atoms with E-state index < -0.39 is 23.7 Å². The van der Waals surface area contributed by atoms with Crippen molar-refractivity contribution in [1.82, 2.24) is 9.69 Å². The molecule has 0 spiro atoms. The third-order valence-electron chi connectivity index (χ3n) is 6.39. The fourth-order valence-electron chi connectivity index (χ4n) is 4.53. The highest BCUT2D eigenvalue weighted by Crippen LogP contribution is 2.35. The minimum atomic E-state index is -1.13. The number of nitrogens with zero attached hydrogens (tertiary/aromatic N) is 2. The smallest absolute Gasteiger partial charge is 0.273 e. The van der Waals surface area contributed by atoms with E-state index in [1.807, 2.05) is 19.1 Å². The zero-order chi connectivity index (χ0) is 25.8. The molecule has 4 rings (SSSR count). The Morgan fingerprint density at radius 2 is 1.75 bits per heavy atom. The molecule has 2 aromatic carbocycles. The van der Waals surface area contributed by atoms with Crippen molar-refractivity contribution in [3.05, 3.63) is 76.0 Å². The minimum absolute atomic E-state index is 0.00960. The maximum absolute atomic E-state index is 14.0. The van der Waals surface area contributed by atoms with Crippen molar-refractivity contribution in [1.29, 1.82) is 0 Å². The summed E-state index contributed by atoms with van der Waals surface area (Å²) in [6, 6.07) is 11.5. The van der Waals surface area contributed by atoms with Crippen LogP contribution < -0.4 is 21.7 Å². The first kappa shape index (κ1) is 25.3. The van der Waals surface area contributed by atoms with E-state index >= 15 is 0 Å². The topological polar surface area (TPSA) is 131 Å². The molecule has 5 N–H and O–H groups in total. The summed E-state index contributed by atoms with van der Waals surface area (Å²) in [6.07, 6.45) is 4.85. The summed E-state index contributed by atoms with van der Waals surface area (Å²) in [5.41, 5.74) is 12.8. The maximum atomic E-state index is 14.0. The van der Waals surface area contributed by atoms with Crippen molar-refractivity contribution < 1.29 is 18.8 Å². The van der Waals surface area contributed by atoms with Crippen molar-refractivity contribution in [2.24, 2.45) is 5.73 Å². The average Bonchev–Trinajstić information content (AvgIpc) is 3.25. The molecule has 0 unspecified atom stereocenters. The maximum Gasteiger partial charge on any atom is 0.273 e. The van der Waals surface area contributed by atoms with E-state index in [2.05, 4.69) is 9.69 Å². The van der Waals surface area contributed by atoms with E-state index in [0.29, 0.717) is 11.3 Å². The second-order valence-corrected chi connectivity index (χ2v) is 9.67. The van der Waals surface area contributed by atoms with Gasteiger partial charge in [0.2, 0.25) is 5.91 Å². The van der Waals surface area contributed by atoms with Gasteiger partial charge in [0.05, 0.1) is 5.69 Å². The van der Waals surface area contributed by atoms with E-state index in [1.165, 1.54) is 29.2 Å². The van der Waals surface area contributed by atoms with Crippen LogP contribution in [-0.4, -0.2) is 28.1 Å². The molecular weight excluding hydrogens is 481 g/mol. The van der Waals surface area contributed by atoms with Gasteiger partial charge in [-0.3, -0.25) is 19.3 Å². The van der Waals surface area contributed by atoms with Gasteiger partial charge in [-0.05, 0) is 60.6 Å². The van der Waals surface area contributed by atoms with Crippen LogP contribution in [0.4, 0.5) is 15.8 Å². The average molecular weight is 510 g/mol. The molecule has 3 aromatic rings. The zero-order valence-corrected chi connectivity index (χ0v) is 20.7. The monoisotopic (exact) mass is 509 g/mol. The van der Waals surface area contributed by atoms with E-state index in [4.69, 9.17) is 11.5 Å². The van der Waals surface area contributed by atoms with Crippen molar-refractivity contribution >= 4 is 40.6 Å². The lowest BCUT2D eigenvalue weighted by Crippen LogP contribution is -2.47. The van der Waals surface area contributed by atoms with Crippen LogP contribution in [0.2, 0.25) is 0 Å². The molecule has 1 aromatic heterocycles. The van der Waals surface area contributed by atoms with Gasteiger partial charge in [0.15, 0.2) is 5.69 Å². The molecule has 10 heteroatoms. The predicted molar refractivity (Wildman–Crippen MR) is 137 cm³/mol. The lowest BCUT2D eigenvalue weighted by atomic mass is 9.94. The predicted octanol–water partition coefficient (Wildman–Crippen LogP) is 4.11. The second-order valence-electron chi connectivity index (χ2n) is 8.90. The third kappa shape index (κ3) is 5.23. The molecule has 0 aliphatic heterocycles.